The standard InChI is InChI=1S/C13H18F3NOS/c1-12(2,3)19-8-11(17)9-5-4-6-10(7-9)18-13(14,15)16/h4-7,11H,8,17H2,1-3H3. The highest BCUT2D eigenvalue weighted by molar-refractivity contribution is 8.00. The van der Waals surface area contributed by atoms with E-state index >= 15 is 0 Å². The van der Waals surface area contributed by atoms with E-state index in [1.165, 1.54) is 18.2 Å². The van der Waals surface area contributed by atoms with Gasteiger partial charge in [0.05, 0.1) is 0 Å². The zero-order valence-corrected chi connectivity index (χ0v) is 11.9. The molecule has 1 atom stereocenters. The lowest BCUT2D eigenvalue weighted by Gasteiger charge is -2.21. The molecule has 6 heteroatoms. The van der Waals surface area contributed by atoms with Gasteiger partial charge in [0.15, 0.2) is 0 Å². The molecule has 108 valence electrons. The van der Waals surface area contributed by atoms with E-state index in [0.717, 1.165) is 0 Å². The second-order valence-corrected chi connectivity index (χ2v) is 7.00. The number of alkyl halides is 3. The van der Waals surface area contributed by atoms with Gasteiger partial charge in [-0.1, -0.05) is 32.9 Å². The summed E-state index contributed by atoms with van der Waals surface area (Å²) in [5.74, 6) is 0.403. The minimum Gasteiger partial charge on any atom is -0.406 e. The van der Waals surface area contributed by atoms with Crippen molar-refractivity contribution in [3.8, 4) is 5.75 Å². The highest BCUT2D eigenvalue weighted by Gasteiger charge is 2.31. The van der Waals surface area contributed by atoms with Crippen LogP contribution in [0.15, 0.2) is 24.3 Å². The summed E-state index contributed by atoms with van der Waals surface area (Å²) in [5.41, 5.74) is 6.61. The van der Waals surface area contributed by atoms with Crippen LogP contribution >= 0.6 is 11.8 Å². The molecule has 0 radical (unpaired) electrons. The Balaban J connectivity index is 2.70. The zero-order valence-electron chi connectivity index (χ0n) is 11.1. The molecule has 0 fully saturated rings. The topological polar surface area (TPSA) is 35.2 Å². The lowest BCUT2D eigenvalue weighted by Crippen LogP contribution is -2.19. The van der Waals surface area contributed by atoms with Crippen molar-refractivity contribution in [3.63, 3.8) is 0 Å². The molecule has 19 heavy (non-hydrogen) atoms. The van der Waals surface area contributed by atoms with Crippen LogP contribution in [0, 0.1) is 0 Å². The van der Waals surface area contributed by atoms with Gasteiger partial charge in [-0.05, 0) is 17.7 Å². The zero-order chi connectivity index (χ0) is 14.7. The Kier molecular flexibility index (Phi) is 5.15. The van der Waals surface area contributed by atoms with E-state index < -0.39 is 6.36 Å². The SMILES string of the molecule is CC(C)(C)SCC(N)c1cccc(OC(F)(F)F)c1. The second kappa shape index (κ2) is 6.05. The molecule has 0 heterocycles. The van der Waals surface area contributed by atoms with Crippen molar-refractivity contribution in [2.24, 2.45) is 5.73 Å². The Bertz CT molecular complexity index is 415. The summed E-state index contributed by atoms with van der Waals surface area (Å²) in [5, 5.41) is 0. The fourth-order valence-electron chi connectivity index (χ4n) is 1.38. The summed E-state index contributed by atoms with van der Waals surface area (Å²) in [4.78, 5) is 0. The van der Waals surface area contributed by atoms with Gasteiger partial charge in [-0.2, -0.15) is 11.8 Å². The summed E-state index contributed by atoms with van der Waals surface area (Å²) in [6, 6.07) is 5.50. The third-order valence-electron chi connectivity index (χ3n) is 2.22. The summed E-state index contributed by atoms with van der Waals surface area (Å²) in [7, 11) is 0. The number of nitrogens with two attached hydrogens (primary N) is 1. The van der Waals surface area contributed by atoms with Crippen molar-refractivity contribution < 1.29 is 17.9 Å². The third kappa shape index (κ3) is 6.73. The number of halogens is 3. The Hall–Kier alpha value is -0.880. The average molecular weight is 293 g/mol. The van der Waals surface area contributed by atoms with Crippen LogP contribution in [0.2, 0.25) is 0 Å². The van der Waals surface area contributed by atoms with E-state index in [-0.39, 0.29) is 16.5 Å². The van der Waals surface area contributed by atoms with Gasteiger partial charge in [0.2, 0.25) is 0 Å². The number of hydrogen-bond acceptors (Lipinski definition) is 3. The van der Waals surface area contributed by atoms with Gasteiger partial charge in [0.1, 0.15) is 5.75 Å². The molecule has 0 bridgehead atoms. The molecule has 0 amide bonds. The molecule has 2 nitrogen and oxygen atoms in total. The predicted octanol–water partition coefficient (Wildman–Crippen LogP) is 4.12. The van der Waals surface area contributed by atoms with Gasteiger partial charge >= 0.3 is 6.36 Å². The molecule has 0 aliphatic heterocycles. The fraction of sp³-hybridized carbons (Fsp3) is 0.538. The van der Waals surface area contributed by atoms with Crippen LogP contribution < -0.4 is 10.5 Å². The molecule has 0 saturated carbocycles. The Morgan fingerprint density at radius 2 is 1.89 bits per heavy atom. The minimum absolute atomic E-state index is 0.0672. The van der Waals surface area contributed by atoms with Crippen LogP contribution in [0.25, 0.3) is 0 Å². The minimum atomic E-state index is -4.68. The van der Waals surface area contributed by atoms with Crippen molar-refractivity contribution in [2.75, 3.05) is 5.75 Å². The van der Waals surface area contributed by atoms with E-state index in [0.29, 0.717) is 11.3 Å². The fourth-order valence-corrected chi connectivity index (χ4v) is 2.25. The summed E-state index contributed by atoms with van der Waals surface area (Å²) in [6.45, 7) is 6.19. The number of ether oxygens (including phenoxy) is 1. The Morgan fingerprint density at radius 1 is 1.26 bits per heavy atom. The molecule has 0 aliphatic carbocycles. The molecule has 1 aromatic carbocycles. The van der Waals surface area contributed by atoms with Crippen LogP contribution in [-0.2, 0) is 0 Å². The van der Waals surface area contributed by atoms with E-state index in [2.05, 4.69) is 25.5 Å². The molecule has 0 spiro atoms. The molecule has 1 unspecified atom stereocenters. The second-order valence-electron chi connectivity index (χ2n) is 5.15. The van der Waals surface area contributed by atoms with Crippen LogP contribution in [0.4, 0.5) is 13.2 Å². The number of hydrogen-bond donors (Lipinski definition) is 1. The van der Waals surface area contributed by atoms with Crippen LogP contribution in [-0.4, -0.2) is 16.9 Å². The molecule has 0 aromatic heterocycles. The van der Waals surface area contributed by atoms with Crippen molar-refractivity contribution in [2.45, 2.75) is 37.9 Å². The lowest BCUT2D eigenvalue weighted by atomic mass is 10.1. The maximum atomic E-state index is 12.1. The first-order chi connectivity index (χ1) is 8.57. The number of benzene rings is 1. The van der Waals surface area contributed by atoms with Crippen molar-refractivity contribution in [3.05, 3.63) is 29.8 Å². The maximum absolute atomic E-state index is 12.1. The normalized spacial score (nSPS) is 14.3. The maximum Gasteiger partial charge on any atom is 0.573 e. The van der Waals surface area contributed by atoms with Crippen molar-refractivity contribution >= 4 is 11.8 Å². The smallest absolute Gasteiger partial charge is 0.406 e. The van der Waals surface area contributed by atoms with Gasteiger partial charge in [-0.3, -0.25) is 0 Å². The predicted molar refractivity (Wildman–Crippen MR) is 72.3 cm³/mol. The molecule has 0 saturated heterocycles. The first-order valence-electron chi connectivity index (χ1n) is 5.82. The third-order valence-corrected chi connectivity index (χ3v) is 3.61. The van der Waals surface area contributed by atoms with Gasteiger partial charge in [0, 0.05) is 16.5 Å². The Morgan fingerprint density at radius 3 is 2.42 bits per heavy atom. The largest absolute Gasteiger partial charge is 0.573 e. The molecular formula is C13H18F3NOS. The van der Waals surface area contributed by atoms with Gasteiger partial charge in [0.25, 0.3) is 0 Å². The van der Waals surface area contributed by atoms with Crippen LogP contribution in [0.3, 0.4) is 0 Å². The van der Waals surface area contributed by atoms with Crippen molar-refractivity contribution in [1.82, 2.24) is 0 Å². The average Bonchev–Trinajstić information content (AvgIpc) is 2.23. The lowest BCUT2D eigenvalue weighted by molar-refractivity contribution is -0.274. The quantitative estimate of drug-likeness (QED) is 0.907. The highest BCUT2D eigenvalue weighted by Crippen LogP contribution is 2.29. The monoisotopic (exact) mass is 293 g/mol. The first-order valence-corrected chi connectivity index (χ1v) is 6.81. The van der Waals surface area contributed by atoms with Gasteiger partial charge < -0.3 is 10.5 Å². The van der Waals surface area contributed by atoms with E-state index in [1.807, 2.05) is 0 Å². The molecule has 1 rings (SSSR count). The van der Waals surface area contributed by atoms with Crippen LogP contribution in [0.1, 0.15) is 32.4 Å². The van der Waals surface area contributed by atoms with Gasteiger partial charge in [-0.15, -0.1) is 13.2 Å². The summed E-state index contributed by atoms with van der Waals surface area (Å²) in [6.07, 6.45) is -4.68. The van der Waals surface area contributed by atoms with Crippen LogP contribution in [0.5, 0.6) is 5.75 Å². The van der Waals surface area contributed by atoms with E-state index in [9.17, 15) is 13.2 Å². The van der Waals surface area contributed by atoms with Crippen molar-refractivity contribution in [1.29, 1.82) is 0 Å². The highest BCUT2D eigenvalue weighted by atomic mass is 32.2. The summed E-state index contributed by atoms with van der Waals surface area (Å²) >= 11 is 1.67. The Labute approximate surface area is 115 Å². The number of rotatable bonds is 4. The van der Waals surface area contributed by atoms with E-state index in [1.54, 1.807) is 17.8 Å². The van der Waals surface area contributed by atoms with E-state index in [4.69, 9.17) is 5.73 Å². The summed E-state index contributed by atoms with van der Waals surface area (Å²) < 4.78 is 40.3. The first kappa shape index (κ1) is 16.2. The number of thioether (sulfide) groups is 1. The molecule has 0 aliphatic rings. The molecular weight excluding hydrogens is 275 g/mol. The molecule has 1 aromatic rings. The molecule has 2 N–H and O–H groups in total. The van der Waals surface area contributed by atoms with Gasteiger partial charge in [-0.25, -0.2) is 0 Å².